The van der Waals surface area contributed by atoms with E-state index < -0.39 is 40.7 Å². The summed E-state index contributed by atoms with van der Waals surface area (Å²) in [6.45, 7) is 1.43. The molecule has 0 amide bonds. The average Bonchev–Trinajstić information content (AvgIpc) is 2.81. The van der Waals surface area contributed by atoms with Crippen molar-refractivity contribution in [3.63, 3.8) is 0 Å². The van der Waals surface area contributed by atoms with E-state index in [1.165, 1.54) is 19.9 Å². The number of aliphatic imine (C=N–C) groups is 1. The second-order valence-corrected chi connectivity index (χ2v) is 7.08. The van der Waals surface area contributed by atoms with Gasteiger partial charge in [0, 0.05) is 11.3 Å². The number of hydrogen-bond donors (Lipinski definition) is 3. The molecule has 9 nitrogen and oxygen atoms in total. The number of nitrogens with zero attached hydrogens (tertiary/aromatic N) is 1. The van der Waals surface area contributed by atoms with Gasteiger partial charge in [0.25, 0.3) is 10.0 Å². The van der Waals surface area contributed by atoms with Crippen molar-refractivity contribution in [1.29, 1.82) is 5.41 Å². The molecule has 2 rings (SSSR count). The number of nitrogens with one attached hydrogen (secondary N) is 2. The number of rotatable bonds is 6. The molecule has 1 aromatic rings. The van der Waals surface area contributed by atoms with E-state index in [-0.39, 0.29) is 22.0 Å². The Labute approximate surface area is 150 Å². The van der Waals surface area contributed by atoms with Crippen molar-refractivity contribution in [2.45, 2.75) is 18.7 Å². The van der Waals surface area contributed by atoms with Crippen LogP contribution in [0.15, 0.2) is 45.5 Å². The molecule has 1 aromatic carbocycles. The fourth-order valence-electron chi connectivity index (χ4n) is 2.35. The van der Waals surface area contributed by atoms with Gasteiger partial charge in [-0.25, -0.2) is 8.42 Å². The summed E-state index contributed by atoms with van der Waals surface area (Å²) in [4.78, 5) is 27.1. The van der Waals surface area contributed by atoms with Gasteiger partial charge < -0.3 is 15.3 Å². The van der Waals surface area contributed by atoms with Crippen LogP contribution in [0.4, 0.5) is 0 Å². The van der Waals surface area contributed by atoms with E-state index >= 15 is 0 Å². The predicted molar refractivity (Wildman–Crippen MR) is 92.9 cm³/mol. The summed E-state index contributed by atoms with van der Waals surface area (Å²) in [5, 5.41) is 17.2. The third-order valence-electron chi connectivity index (χ3n) is 3.41. The Balaban J connectivity index is 2.06. The highest BCUT2D eigenvalue weighted by Crippen LogP contribution is 2.22. The summed E-state index contributed by atoms with van der Waals surface area (Å²) in [5.74, 6) is -1.86. The fraction of sp³-hybridized carbons (Fsp3) is 0.250. The van der Waals surface area contributed by atoms with E-state index in [4.69, 9.17) is 10.1 Å². The highest BCUT2D eigenvalue weighted by molar-refractivity contribution is 7.90. The molecule has 0 saturated heterocycles. The molecule has 10 heteroatoms. The number of Topliss-reactive ketones (excluding diaryl/α,β-unsaturated/α-hetero) is 1. The lowest BCUT2D eigenvalue weighted by molar-refractivity contribution is -0.141. The lowest BCUT2D eigenvalue weighted by atomic mass is 10.1. The molecule has 0 aromatic heterocycles. The van der Waals surface area contributed by atoms with Gasteiger partial charge in [-0.1, -0.05) is 12.1 Å². The molecule has 0 saturated carbocycles. The molecule has 0 fully saturated rings. The number of amidine groups is 1. The minimum atomic E-state index is -3.70. The van der Waals surface area contributed by atoms with Crippen LogP contribution in [0, 0.1) is 5.41 Å². The van der Waals surface area contributed by atoms with E-state index in [1.54, 1.807) is 18.2 Å². The van der Waals surface area contributed by atoms with Crippen LogP contribution in [0.1, 0.15) is 19.4 Å². The molecule has 1 aliphatic rings. The zero-order valence-corrected chi connectivity index (χ0v) is 14.9. The third-order valence-corrected chi connectivity index (χ3v) is 4.81. The van der Waals surface area contributed by atoms with Gasteiger partial charge in [0.2, 0.25) is 0 Å². The lowest BCUT2D eigenvalue weighted by Crippen LogP contribution is -2.23. The number of fused-ring (bicyclic) bond motifs is 1. The first kappa shape index (κ1) is 19.3. The van der Waals surface area contributed by atoms with Crippen molar-refractivity contribution in [1.82, 2.24) is 4.72 Å². The van der Waals surface area contributed by atoms with Crippen molar-refractivity contribution < 1.29 is 27.9 Å². The summed E-state index contributed by atoms with van der Waals surface area (Å²) >= 11 is 0. The molecule has 138 valence electrons. The van der Waals surface area contributed by atoms with E-state index in [0.717, 1.165) is 0 Å². The maximum atomic E-state index is 11.9. The monoisotopic (exact) mass is 379 g/mol. The number of aliphatic hydroxyl groups excluding tert-OH is 1. The minimum Gasteiger partial charge on any atom is -0.508 e. The molecule has 1 aliphatic heterocycles. The number of ether oxygens (including phenoxy) is 1. The zero-order chi connectivity index (χ0) is 19.5. The van der Waals surface area contributed by atoms with Crippen molar-refractivity contribution in [3.8, 4) is 0 Å². The number of carbonyl (C=O) groups is 2. The predicted octanol–water partition coefficient (Wildman–Crippen LogP) is 0.709. The molecule has 0 radical (unpaired) electrons. The van der Waals surface area contributed by atoms with Crippen LogP contribution in [0.5, 0.6) is 0 Å². The second kappa shape index (κ2) is 7.48. The normalized spacial score (nSPS) is 17.1. The van der Waals surface area contributed by atoms with Crippen LogP contribution >= 0.6 is 0 Å². The Morgan fingerprint density at radius 2 is 1.92 bits per heavy atom. The van der Waals surface area contributed by atoms with Crippen molar-refractivity contribution in [3.05, 3.63) is 41.2 Å². The van der Waals surface area contributed by atoms with Gasteiger partial charge in [0.1, 0.15) is 24.7 Å². The van der Waals surface area contributed by atoms with Crippen LogP contribution in [0.3, 0.4) is 0 Å². The lowest BCUT2D eigenvalue weighted by Gasteiger charge is -2.07. The number of ketones is 1. The van der Waals surface area contributed by atoms with E-state index in [0.29, 0.717) is 5.56 Å². The summed E-state index contributed by atoms with van der Waals surface area (Å²) in [6.07, 6.45) is 0. The highest BCUT2D eigenvalue weighted by atomic mass is 32.2. The van der Waals surface area contributed by atoms with E-state index in [1.807, 2.05) is 0 Å². The molecule has 1 heterocycles. The van der Waals surface area contributed by atoms with Gasteiger partial charge in [-0.2, -0.15) is 0 Å². The quantitative estimate of drug-likeness (QED) is 0.287. The van der Waals surface area contributed by atoms with Gasteiger partial charge >= 0.3 is 5.97 Å². The molecule has 26 heavy (non-hydrogen) atoms. The van der Waals surface area contributed by atoms with Crippen molar-refractivity contribution in [2.75, 3.05) is 13.2 Å². The minimum absolute atomic E-state index is 0.0251. The number of allylic oxidation sites excluding steroid dienone is 1. The van der Waals surface area contributed by atoms with Crippen LogP contribution in [-0.4, -0.2) is 50.0 Å². The van der Waals surface area contributed by atoms with Crippen LogP contribution in [0.2, 0.25) is 0 Å². The zero-order valence-electron chi connectivity index (χ0n) is 14.1. The van der Waals surface area contributed by atoms with E-state index in [2.05, 4.69) is 9.71 Å². The SMILES string of the molecule is CC(=N)/C(C(C)=O)=C(/O)COC(=O)CN=C1NS(=O)(=O)c2ccccc21. The Morgan fingerprint density at radius 1 is 1.27 bits per heavy atom. The molecule has 0 bridgehead atoms. The largest absolute Gasteiger partial charge is 0.508 e. The van der Waals surface area contributed by atoms with E-state index in [9.17, 15) is 23.1 Å². The highest BCUT2D eigenvalue weighted by Gasteiger charge is 2.30. The number of hydrogen-bond acceptors (Lipinski definition) is 8. The summed E-state index contributed by atoms with van der Waals surface area (Å²) in [5.41, 5.74) is -0.0220. The summed E-state index contributed by atoms with van der Waals surface area (Å²) in [7, 11) is -3.70. The standard InChI is InChI=1S/C16H17N3O6S/c1-9(17)15(10(2)20)12(21)8-25-14(22)7-18-16-11-5-3-4-6-13(11)26(23,24)19-16/h3-6,17,21H,7-8H2,1-2H3,(H,18,19)/b15-12-,17-9?. The summed E-state index contributed by atoms with van der Waals surface area (Å²) in [6, 6.07) is 6.19. The maximum absolute atomic E-state index is 11.9. The maximum Gasteiger partial charge on any atom is 0.328 e. The van der Waals surface area contributed by atoms with Crippen LogP contribution < -0.4 is 4.72 Å². The smallest absolute Gasteiger partial charge is 0.328 e. The number of benzene rings is 1. The average molecular weight is 379 g/mol. The van der Waals surface area contributed by atoms with Crippen LogP contribution in [-0.2, 0) is 24.3 Å². The molecule has 0 atom stereocenters. The Bertz CT molecular complexity index is 930. The molecule has 3 N–H and O–H groups in total. The van der Waals surface area contributed by atoms with Gasteiger partial charge in [0.05, 0.1) is 10.5 Å². The first-order valence-corrected chi connectivity index (χ1v) is 8.92. The molecule has 0 spiro atoms. The molecule has 0 unspecified atom stereocenters. The van der Waals surface area contributed by atoms with Gasteiger partial charge in [0.15, 0.2) is 5.78 Å². The molecular formula is C16H17N3O6S. The summed E-state index contributed by atoms with van der Waals surface area (Å²) < 4.78 is 30.9. The second-order valence-electron chi connectivity index (χ2n) is 5.43. The Hall–Kier alpha value is -3.01. The topological polar surface area (TPSA) is 146 Å². The first-order chi connectivity index (χ1) is 12.1. The van der Waals surface area contributed by atoms with Gasteiger partial charge in [-0.05, 0) is 26.0 Å². The number of carbonyl (C=O) groups excluding carboxylic acids is 2. The third kappa shape index (κ3) is 4.14. The fourth-order valence-corrected chi connectivity index (χ4v) is 3.60. The number of sulfonamides is 1. The Morgan fingerprint density at radius 3 is 2.54 bits per heavy atom. The van der Waals surface area contributed by atoms with Gasteiger partial charge in [-0.15, -0.1) is 0 Å². The first-order valence-electron chi connectivity index (χ1n) is 7.44. The Kier molecular flexibility index (Phi) is 5.56. The molecular weight excluding hydrogens is 362 g/mol. The number of aliphatic hydroxyl groups is 1. The van der Waals surface area contributed by atoms with Crippen LogP contribution in [0.25, 0.3) is 0 Å². The van der Waals surface area contributed by atoms with Gasteiger partial charge in [-0.3, -0.25) is 19.3 Å². The molecule has 0 aliphatic carbocycles. The van der Waals surface area contributed by atoms with Crippen molar-refractivity contribution in [2.24, 2.45) is 4.99 Å². The van der Waals surface area contributed by atoms with Crippen molar-refractivity contribution >= 4 is 33.3 Å². The number of esters is 1.